The van der Waals surface area contributed by atoms with Crippen LogP contribution in [0.3, 0.4) is 0 Å². The topological polar surface area (TPSA) is 128 Å². The maximum Gasteiger partial charge on any atom is 0.344 e. The van der Waals surface area contributed by atoms with Gasteiger partial charge in [0.25, 0.3) is 0 Å². The van der Waals surface area contributed by atoms with Gasteiger partial charge in [-0.1, -0.05) is 6.07 Å². The number of aliphatic hydroxyl groups is 1. The zero-order valence-electron chi connectivity index (χ0n) is 13.6. The van der Waals surface area contributed by atoms with Gasteiger partial charge >= 0.3 is 5.97 Å². The summed E-state index contributed by atoms with van der Waals surface area (Å²) in [6.45, 7) is 0.539. The minimum atomic E-state index is -1.06. The molecule has 0 atom stereocenters. The van der Waals surface area contributed by atoms with Crippen molar-refractivity contribution in [1.82, 2.24) is 0 Å². The summed E-state index contributed by atoms with van der Waals surface area (Å²) >= 11 is 0. The minimum absolute atomic E-state index is 0.000213. The lowest BCUT2D eigenvalue weighted by Crippen LogP contribution is -2.28. The van der Waals surface area contributed by atoms with Crippen LogP contribution in [-0.4, -0.2) is 42.5 Å². The van der Waals surface area contributed by atoms with E-state index in [1.807, 2.05) is 0 Å². The highest BCUT2D eigenvalue weighted by Crippen LogP contribution is 2.13. The van der Waals surface area contributed by atoms with Crippen LogP contribution in [0.25, 0.3) is 0 Å². The zero-order chi connectivity index (χ0) is 19.0. The Bertz CT molecular complexity index is 693. The fourth-order valence-electron chi connectivity index (χ4n) is 1.86. The van der Waals surface area contributed by atoms with Crippen molar-refractivity contribution in [2.24, 2.45) is 16.5 Å². The number of aliphatic imine (C=N–C) groups is 1. The summed E-state index contributed by atoms with van der Waals surface area (Å²) < 4.78 is 31.8. The maximum absolute atomic E-state index is 13.5. The van der Waals surface area contributed by atoms with Crippen LogP contribution in [-0.2, 0) is 9.53 Å². The summed E-state index contributed by atoms with van der Waals surface area (Å²) in [6, 6.07) is 2.94. The molecule has 0 saturated carbocycles. The van der Waals surface area contributed by atoms with E-state index >= 15 is 0 Å². The highest BCUT2D eigenvalue weighted by molar-refractivity contribution is 6.19. The standard InChI is InChI=1S/C16H19F2N3O4/c1-9(19)13(15(20)21-6-3-7-22)16(24)25-8-12(23)14-10(17)4-2-5-11(14)18/h2,4-5,22H,3,6-8,19H2,1H3,(H2,20,21)/b13-9+. The second-order valence-corrected chi connectivity index (χ2v) is 5.00. The van der Waals surface area contributed by atoms with Gasteiger partial charge in [-0.3, -0.25) is 9.79 Å². The van der Waals surface area contributed by atoms with E-state index in [4.69, 9.17) is 21.3 Å². The molecule has 0 fully saturated rings. The first-order chi connectivity index (χ1) is 11.8. The second-order valence-electron chi connectivity index (χ2n) is 5.00. The quantitative estimate of drug-likeness (QED) is 0.157. The summed E-state index contributed by atoms with van der Waals surface area (Å²) in [4.78, 5) is 27.8. The lowest BCUT2D eigenvalue weighted by atomic mass is 10.1. The van der Waals surface area contributed by atoms with E-state index in [1.165, 1.54) is 6.92 Å². The van der Waals surface area contributed by atoms with Crippen molar-refractivity contribution < 1.29 is 28.2 Å². The molecule has 1 aromatic rings. The number of benzene rings is 1. The number of rotatable bonds is 8. The molecular formula is C16H19F2N3O4. The van der Waals surface area contributed by atoms with Crippen LogP contribution >= 0.6 is 0 Å². The van der Waals surface area contributed by atoms with Crippen LogP contribution in [0.15, 0.2) is 34.5 Å². The summed E-state index contributed by atoms with van der Waals surface area (Å²) in [5.41, 5.74) is 10.2. The van der Waals surface area contributed by atoms with Gasteiger partial charge in [0.05, 0.1) is 5.56 Å². The van der Waals surface area contributed by atoms with Crippen molar-refractivity contribution in [2.75, 3.05) is 19.8 Å². The molecule has 7 nitrogen and oxygen atoms in total. The Morgan fingerprint density at radius 1 is 1.24 bits per heavy atom. The number of ketones is 1. The first-order valence-electron chi connectivity index (χ1n) is 7.31. The Balaban J connectivity index is 2.84. The minimum Gasteiger partial charge on any atom is -0.454 e. The molecule has 1 rings (SSSR count). The molecule has 0 bridgehead atoms. The predicted molar refractivity (Wildman–Crippen MR) is 86.7 cm³/mol. The van der Waals surface area contributed by atoms with Gasteiger partial charge in [0.1, 0.15) is 23.0 Å². The molecule has 0 aliphatic rings. The number of carbonyl (C=O) groups is 2. The van der Waals surface area contributed by atoms with Gasteiger partial charge < -0.3 is 21.3 Å². The van der Waals surface area contributed by atoms with Gasteiger partial charge in [-0.05, 0) is 25.5 Å². The largest absolute Gasteiger partial charge is 0.454 e. The highest BCUT2D eigenvalue weighted by atomic mass is 19.1. The van der Waals surface area contributed by atoms with Crippen molar-refractivity contribution >= 4 is 17.6 Å². The van der Waals surface area contributed by atoms with Crippen molar-refractivity contribution in [2.45, 2.75) is 13.3 Å². The van der Waals surface area contributed by atoms with Crippen LogP contribution in [0.5, 0.6) is 0 Å². The first-order valence-corrected chi connectivity index (χ1v) is 7.31. The van der Waals surface area contributed by atoms with E-state index in [-0.39, 0.29) is 30.3 Å². The Morgan fingerprint density at radius 2 is 1.84 bits per heavy atom. The molecule has 5 N–H and O–H groups in total. The molecule has 0 unspecified atom stereocenters. The Hall–Kier alpha value is -2.81. The summed E-state index contributed by atoms with van der Waals surface area (Å²) in [5.74, 6) is -4.43. The number of nitrogens with zero attached hydrogens (tertiary/aromatic N) is 1. The fourth-order valence-corrected chi connectivity index (χ4v) is 1.86. The molecule has 0 spiro atoms. The van der Waals surface area contributed by atoms with E-state index in [9.17, 15) is 18.4 Å². The molecule has 0 saturated heterocycles. The van der Waals surface area contributed by atoms with Crippen LogP contribution in [0.4, 0.5) is 8.78 Å². The summed E-state index contributed by atoms with van der Waals surface area (Å²) in [5, 5.41) is 8.70. The van der Waals surface area contributed by atoms with E-state index in [0.29, 0.717) is 6.42 Å². The van der Waals surface area contributed by atoms with E-state index < -0.39 is 35.6 Å². The molecule has 9 heteroatoms. The SMILES string of the molecule is C/C(N)=C(\C(=O)OCC(=O)c1c(F)cccc1F)C(N)=NCCCO. The number of hydrogen-bond donors (Lipinski definition) is 3. The van der Waals surface area contributed by atoms with Gasteiger partial charge in [-0.25, -0.2) is 13.6 Å². The van der Waals surface area contributed by atoms with Crippen LogP contribution in [0.1, 0.15) is 23.7 Å². The molecule has 0 radical (unpaired) electrons. The number of halogens is 2. The third kappa shape index (κ3) is 5.64. The van der Waals surface area contributed by atoms with Gasteiger partial charge in [-0.15, -0.1) is 0 Å². The van der Waals surface area contributed by atoms with E-state index in [1.54, 1.807) is 0 Å². The van der Waals surface area contributed by atoms with Crippen LogP contribution < -0.4 is 11.5 Å². The summed E-state index contributed by atoms with van der Waals surface area (Å²) in [7, 11) is 0. The number of amidine groups is 1. The second kappa shape index (κ2) is 9.48. The Morgan fingerprint density at radius 3 is 2.36 bits per heavy atom. The van der Waals surface area contributed by atoms with Crippen molar-refractivity contribution in [3.63, 3.8) is 0 Å². The van der Waals surface area contributed by atoms with E-state index in [0.717, 1.165) is 18.2 Å². The van der Waals surface area contributed by atoms with Gasteiger partial charge in [0.15, 0.2) is 6.61 Å². The highest BCUT2D eigenvalue weighted by Gasteiger charge is 2.22. The van der Waals surface area contributed by atoms with Crippen LogP contribution in [0.2, 0.25) is 0 Å². The third-order valence-electron chi connectivity index (χ3n) is 3.03. The van der Waals surface area contributed by atoms with Gasteiger partial charge in [0, 0.05) is 18.8 Å². The van der Waals surface area contributed by atoms with Crippen molar-refractivity contribution in [3.05, 3.63) is 46.7 Å². The Labute approximate surface area is 143 Å². The van der Waals surface area contributed by atoms with Gasteiger partial charge in [-0.2, -0.15) is 0 Å². The molecule has 136 valence electrons. The summed E-state index contributed by atoms with van der Waals surface area (Å²) in [6.07, 6.45) is 0.331. The first kappa shape index (κ1) is 20.2. The normalized spacial score (nSPS) is 12.6. The van der Waals surface area contributed by atoms with Gasteiger partial charge in [0.2, 0.25) is 5.78 Å². The molecule has 0 aliphatic carbocycles. The van der Waals surface area contributed by atoms with Crippen molar-refractivity contribution in [3.8, 4) is 0 Å². The Kier molecular flexibility index (Phi) is 7.67. The average molecular weight is 355 g/mol. The number of nitrogens with two attached hydrogens (primary N) is 2. The third-order valence-corrected chi connectivity index (χ3v) is 3.03. The molecule has 0 aliphatic heterocycles. The smallest absolute Gasteiger partial charge is 0.344 e. The van der Waals surface area contributed by atoms with Crippen LogP contribution in [0, 0.1) is 11.6 Å². The number of Topliss-reactive ketones (excluding diaryl/α,β-unsaturated/α-hetero) is 1. The number of hydrogen-bond acceptors (Lipinski definition) is 6. The molecule has 1 aromatic carbocycles. The molecule has 0 amide bonds. The lowest BCUT2D eigenvalue weighted by molar-refractivity contribution is -0.137. The molecule has 25 heavy (non-hydrogen) atoms. The lowest BCUT2D eigenvalue weighted by Gasteiger charge is -2.10. The number of aliphatic hydroxyl groups excluding tert-OH is 1. The monoisotopic (exact) mass is 355 g/mol. The average Bonchev–Trinajstić information content (AvgIpc) is 2.52. The number of esters is 1. The predicted octanol–water partition coefficient (Wildman–Crippen LogP) is 0.663. The number of ether oxygens (including phenoxy) is 1. The number of carbonyl (C=O) groups excluding carboxylic acids is 2. The number of allylic oxidation sites excluding steroid dienone is 1. The van der Waals surface area contributed by atoms with Crippen molar-refractivity contribution in [1.29, 1.82) is 0 Å². The molecular weight excluding hydrogens is 336 g/mol. The maximum atomic E-state index is 13.5. The fraction of sp³-hybridized carbons (Fsp3) is 0.312. The molecule has 0 heterocycles. The van der Waals surface area contributed by atoms with E-state index in [2.05, 4.69) is 4.99 Å². The molecule has 0 aromatic heterocycles. The zero-order valence-corrected chi connectivity index (χ0v) is 13.6.